The third kappa shape index (κ3) is 5.26. The number of aryl methyl sites for hydroxylation is 2. The number of benzene rings is 2. The van der Waals surface area contributed by atoms with Crippen LogP contribution < -0.4 is 5.32 Å². The van der Waals surface area contributed by atoms with Gasteiger partial charge >= 0.3 is 0 Å². The van der Waals surface area contributed by atoms with E-state index in [4.69, 9.17) is 0 Å². The second kappa shape index (κ2) is 10.5. The van der Waals surface area contributed by atoms with Crippen molar-refractivity contribution in [1.29, 1.82) is 0 Å². The number of nitrogens with one attached hydrogen (secondary N) is 1. The Balaban J connectivity index is 1.18. The third-order valence-corrected chi connectivity index (χ3v) is 7.22. The number of carbonyl (C=O) groups excluding carboxylic acids is 3. The van der Waals surface area contributed by atoms with Crippen molar-refractivity contribution in [1.82, 2.24) is 19.7 Å². The Morgan fingerprint density at radius 1 is 1.08 bits per heavy atom. The molecule has 1 saturated heterocycles. The first-order valence-corrected chi connectivity index (χ1v) is 12.9. The van der Waals surface area contributed by atoms with Gasteiger partial charge in [-0.2, -0.15) is 0 Å². The van der Waals surface area contributed by atoms with Gasteiger partial charge in [-0.15, -0.1) is 10.2 Å². The molecule has 8 nitrogen and oxygen atoms in total. The highest BCUT2D eigenvalue weighted by Crippen LogP contribution is 2.32. The summed E-state index contributed by atoms with van der Waals surface area (Å²) in [5.74, 6) is 1.25. The maximum absolute atomic E-state index is 12.7. The lowest BCUT2D eigenvalue weighted by atomic mass is 10.1. The third-order valence-electron chi connectivity index (χ3n) is 6.31. The van der Waals surface area contributed by atoms with Crippen LogP contribution in [0.5, 0.6) is 0 Å². The van der Waals surface area contributed by atoms with Gasteiger partial charge in [0.25, 0.3) is 11.1 Å². The van der Waals surface area contributed by atoms with Crippen LogP contribution in [-0.4, -0.2) is 43.3 Å². The molecule has 2 aliphatic heterocycles. The van der Waals surface area contributed by atoms with Crippen molar-refractivity contribution in [3.8, 4) is 11.4 Å². The molecular formula is C27H27N5O3S. The van der Waals surface area contributed by atoms with Crippen molar-refractivity contribution in [3.05, 3.63) is 70.4 Å². The van der Waals surface area contributed by atoms with Gasteiger partial charge in [0.2, 0.25) is 5.91 Å². The molecule has 1 fully saturated rings. The molecule has 2 aliphatic rings. The van der Waals surface area contributed by atoms with Gasteiger partial charge < -0.3 is 9.88 Å². The number of thioether (sulfide) groups is 1. The quantitative estimate of drug-likeness (QED) is 0.475. The molecule has 184 valence electrons. The van der Waals surface area contributed by atoms with Crippen molar-refractivity contribution >= 4 is 40.6 Å². The number of carbonyl (C=O) groups is 3. The first kappa shape index (κ1) is 24.0. The monoisotopic (exact) mass is 501 g/mol. The lowest BCUT2D eigenvalue weighted by molar-refractivity contribution is -0.123. The van der Waals surface area contributed by atoms with Gasteiger partial charge in [-0.3, -0.25) is 19.3 Å². The molecular weight excluding hydrogens is 474 g/mol. The lowest BCUT2D eigenvalue weighted by Gasteiger charge is -2.12. The fourth-order valence-corrected chi connectivity index (χ4v) is 5.31. The molecule has 5 rings (SSSR count). The number of aromatic nitrogens is 3. The number of fused-ring (bicyclic) bond motifs is 1. The van der Waals surface area contributed by atoms with E-state index in [0.29, 0.717) is 10.6 Å². The highest BCUT2D eigenvalue weighted by Gasteiger charge is 2.35. The van der Waals surface area contributed by atoms with E-state index in [-0.39, 0.29) is 30.0 Å². The maximum Gasteiger partial charge on any atom is 0.293 e. The summed E-state index contributed by atoms with van der Waals surface area (Å²) in [4.78, 5) is 39.1. The average Bonchev–Trinajstić information content (AvgIpc) is 3.27. The van der Waals surface area contributed by atoms with E-state index in [0.717, 1.165) is 70.8 Å². The summed E-state index contributed by atoms with van der Waals surface area (Å²) in [5, 5.41) is 11.2. The minimum absolute atomic E-state index is 0.0230. The Morgan fingerprint density at radius 2 is 1.92 bits per heavy atom. The number of nitrogens with zero attached hydrogens (tertiary/aromatic N) is 4. The summed E-state index contributed by atoms with van der Waals surface area (Å²) >= 11 is 0.903. The average molecular weight is 502 g/mol. The van der Waals surface area contributed by atoms with E-state index >= 15 is 0 Å². The Bertz CT molecular complexity index is 1350. The van der Waals surface area contributed by atoms with Crippen LogP contribution in [0.25, 0.3) is 17.5 Å². The number of hydrogen-bond acceptors (Lipinski definition) is 6. The molecule has 0 radical (unpaired) electrons. The summed E-state index contributed by atoms with van der Waals surface area (Å²) in [5.41, 5.74) is 3.53. The van der Waals surface area contributed by atoms with E-state index < -0.39 is 0 Å². The Kier molecular flexibility index (Phi) is 6.99. The largest absolute Gasteiger partial charge is 0.326 e. The van der Waals surface area contributed by atoms with Crippen LogP contribution in [0.15, 0.2) is 53.4 Å². The minimum Gasteiger partial charge on any atom is -0.326 e. The minimum atomic E-state index is -0.365. The fourth-order valence-electron chi connectivity index (χ4n) is 4.44. The van der Waals surface area contributed by atoms with Crippen LogP contribution in [0, 0.1) is 6.92 Å². The number of rotatable bonds is 6. The van der Waals surface area contributed by atoms with Gasteiger partial charge in [-0.25, -0.2) is 0 Å². The van der Waals surface area contributed by atoms with Gasteiger partial charge in [0.15, 0.2) is 5.82 Å². The molecule has 9 heteroatoms. The molecule has 2 aromatic carbocycles. The maximum atomic E-state index is 12.7. The first-order valence-electron chi connectivity index (χ1n) is 12.1. The van der Waals surface area contributed by atoms with Crippen LogP contribution >= 0.6 is 11.8 Å². The number of anilines is 1. The van der Waals surface area contributed by atoms with Crippen LogP contribution in [0.2, 0.25) is 0 Å². The zero-order valence-corrected chi connectivity index (χ0v) is 20.9. The summed E-state index contributed by atoms with van der Waals surface area (Å²) in [7, 11) is 0. The van der Waals surface area contributed by atoms with Crippen LogP contribution in [0.1, 0.15) is 42.6 Å². The fraction of sp³-hybridized carbons (Fsp3) is 0.296. The molecule has 36 heavy (non-hydrogen) atoms. The van der Waals surface area contributed by atoms with Crippen molar-refractivity contribution in [2.75, 3.05) is 11.9 Å². The molecule has 0 atom stereocenters. The summed E-state index contributed by atoms with van der Waals surface area (Å²) in [6.45, 7) is 2.92. The molecule has 0 spiro atoms. The molecule has 0 saturated carbocycles. The Morgan fingerprint density at radius 3 is 2.72 bits per heavy atom. The molecule has 3 aromatic rings. The van der Waals surface area contributed by atoms with Gasteiger partial charge in [-0.05, 0) is 67.4 Å². The Hall–Kier alpha value is -3.72. The van der Waals surface area contributed by atoms with Crippen LogP contribution in [0.4, 0.5) is 10.5 Å². The van der Waals surface area contributed by atoms with Crippen molar-refractivity contribution in [2.45, 2.75) is 45.6 Å². The number of hydrogen-bond donors (Lipinski definition) is 1. The van der Waals surface area contributed by atoms with Gasteiger partial charge in [0, 0.05) is 37.2 Å². The van der Waals surface area contributed by atoms with Crippen molar-refractivity contribution < 1.29 is 14.4 Å². The van der Waals surface area contributed by atoms with E-state index in [1.807, 2.05) is 55.5 Å². The summed E-state index contributed by atoms with van der Waals surface area (Å²) < 4.78 is 2.18. The van der Waals surface area contributed by atoms with Crippen molar-refractivity contribution in [2.24, 2.45) is 0 Å². The van der Waals surface area contributed by atoms with E-state index in [1.54, 1.807) is 6.08 Å². The predicted octanol–water partition coefficient (Wildman–Crippen LogP) is 5.05. The topological polar surface area (TPSA) is 97.2 Å². The molecule has 1 aromatic heterocycles. The molecule has 3 amide bonds. The molecule has 1 N–H and O–H groups in total. The summed E-state index contributed by atoms with van der Waals surface area (Å²) in [6.07, 6.45) is 6.15. The Labute approximate surface area is 213 Å². The lowest BCUT2D eigenvalue weighted by Crippen LogP contribution is -2.31. The molecule has 0 bridgehead atoms. The second-order valence-corrected chi connectivity index (χ2v) is 10.0. The van der Waals surface area contributed by atoms with E-state index in [1.165, 1.54) is 6.42 Å². The number of imide groups is 1. The van der Waals surface area contributed by atoms with Gasteiger partial charge in [-0.1, -0.05) is 36.2 Å². The second-order valence-electron chi connectivity index (χ2n) is 9.03. The smallest absolute Gasteiger partial charge is 0.293 e. The SMILES string of the molecule is Cc1cccc(/C=C2/SC(=O)N(CCC(=O)Nc3ccc(-c4nnc5n4CCCCC5)cc3)C2=O)c1. The molecule has 0 unspecified atom stereocenters. The zero-order valence-electron chi connectivity index (χ0n) is 20.1. The van der Waals surface area contributed by atoms with Gasteiger partial charge in [0.1, 0.15) is 5.82 Å². The normalized spacial score (nSPS) is 16.8. The standard InChI is InChI=1S/C27H27N5O3S/c1-18-6-5-7-19(16-18)17-22-26(34)32(27(35)36-22)15-13-24(33)28-21-11-9-20(10-12-21)25-30-29-23-8-3-2-4-14-31(23)25/h5-7,9-12,16-17H,2-4,8,13-15H2,1H3,(H,28,33)/b22-17+. The molecule has 0 aliphatic carbocycles. The van der Waals surface area contributed by atoms with Crippen LogP contribution in [-0.2, 0) is 22.6 Å². The van der Waals surface area contributed by atoms with E-state index in [2.05, 4.69) is 20.1 Å². The van der Waals surface area contributed by atoms with Crippen LogP contribution in [0.3, 0.4) is 0 Å². The summed E-state index contributed by atoms with van der Waals surface area (Å²) in [6, 6.07) is 15.2. The highest BCUT2D eigenvalue weighted by atomic mass is 32.2. The zero-order chi connectivity index (χ0) is 25.1. The van der Waals surface area contributed by atoms with Gasteiger partial charge in [0.05, 0.1) is 4.91 Å². The first-order chi connectivity index (χ1) is 17.5. The predicted molar refractivity (Wildman–Crippen MR) is 140 cm³/mol. The highest BCUT2D eigenvalue weighted by molar-refractivity contribution is 8.18. The van der Waals surface area contributed by atoms with E-state index in [9.17, 15) is 14.4 Å². The number of amides is 3. The van der Waals surface area contributed by atoms with Crippen molar-refractivity contribution in [3.63, 3.8) is 0 Å². The molecule has 3 heterocycles.